The second kappa shape index (κ2) is 7.74. The maximum absolute atomic E-state index is 11.4. The highest BCUT2D eigenvalue weighted by atomic mass is 16.4. The zero-order valence-corrected chi connectivity index (χ0v) is 15.4. The van der Waals surface area contributed by atoms with Gasteiger partial charge in [0.25, 0.3) is 0 Å². The van der Waals surface area contributed by atoms with Crippen LogP contribution in [0, 0.1) is 6.92 Å². The minimum absolute atomic E-state index is 0.183. The summed E-state index contributed by atoms with van der Waals surface area (Å²) in [7, 11) is 3.97. The van der Waals surface area contributed by atoms with Crippen LogP contribution in [-0.2, 0) is 0 Å². The Balaban J connectivity index is 1.83. The summed E-state index contributed by atoms with van der Waals surface area (Å²) in [4.78, 5) is 22.2. The summed E-state index contributed by atoms with van der Waals surface area (Å²) in [6, 6.07) is 16.4. The molecule has 7 nitrogen and oxygen atoms in total. The van der Waals surface area contributed by atoms with Gasteiger partial charge in [-0.05, 0) is 43.3 Å². The fourth-order valence-corrected chi connectivity index (χ4v) is 2.58. The maximum Gasteiger partial charge on any atom is 0.337 e. The summed E-state index contributed by atoms with van der Waals surface area (Å²) >= 11 is 0. The van der Waals surface area contributed by atoms with Gasteiger partial charge in [-0.25, -0.2) is 9.78 Å². The van der Waals surface area contributed by atoms with Crippen molar-refractivity contribution in [3.63, 3.8) is 0 Å². The van der Waals surface area contributed by atoms with Crippen molar-refractivity contribution in [2.45, 2.75) is 6.92 Å². The van der Waals surface area contributed by atoms with Crippen LogP contribution in [0.25, 0.3) is 0 Å². The Bertz CT molecular complexity index is 955. The first-order valence-corrected chi connectivity index (χ1v) is 8.42. The highest BCUT2D eigenvalue weighted by Gasteiger charge is 2.11. The van der Waals surface area contributed by atoms with E-state index in [0.29, 0.717) is 17.5 Å². The highest BCUT2D eigenvalue weighted by Crippen LogP contribution is 2.23. The molecule has 7 heteroatoms. The predicted molar refractivity (Wildman–Crippen MR) is 108 cm³/mol. The number of benzene rings is 2. The summed E-state index contributed by atoms with van der Waals surface area (Å²) in [5, 5.41) is 15.6. The number of rotatable bonds is 6. The number of nitrogens with zero attached hydrogens (tertiary/aromatic N) is 3. The molecule has 0 aliphatic rings. The Labute approximate surface area is 157 Å². The lowest BCUT2D eigenvalue weighted by molar-refractivity contribution is 0.0698. The summed E-state index contributed by atoms with van der Waals surface area (Å²) in [6.07, 6.45) is 0. The SMILES string of the molecule is Cc1cc(Nc2ccccc2C(=O)O)nc(Nc2ccc(N(C)C)cc2)n1. The second-order valence-electron chi connectivity index (χ2n) is 6.26. The first-order chi connectivity index (χ1) is 12.9. The van der Waals surface area contributed by atoms with Crippen molar-refractivity contribution in [1.82, 2.24) is 9.97 Å². The number of carboxylic acid groups (broad SMARTS) is 1. The quantitative estimate of drug-likeness (QED) is 0.609. The van der Waals surface area contributed by atoms with Crippen LogP contribution in [-0.4, -0.2) is 35.1 Å². The highest BCUT2D eigenvalue weighted by molar-refractivity contribution is 5.95. The Morgan fingerprint density at radius 1 is 1.00 bits per heavy atom. The third-order valence-electron chi connectivity index (χ3n) is 3.91. The molecule has 3 N–H and O–H groups in total. The van der Waals surface area contributed by atoms with Crippen molar-refractivity contribution in [2.75, 3.05) is 29.6 Å². The fraction of sp³-hybridized carbons (Fsp3) is 0.150. The number of aromatic nitrogens is 2. The maximum atomic E-state index is 11.4. The third-order valence-corrected chi connectivity index (χ3v) is 3.91. The van der Waals surface area contributed by atoms with E-state index in [1.165, 1.54) is 0 Å². The minimum Gasteiger partial charge on any atom is -0.478 e. The van der Waals surface area contributed by atoms with E-state index in [1.807, 2.05) is 50.2 Å². The number of hydrogen-bond acceptors (Lipinski definition) is 6. The van der Waals surface area contributed by atoms with Crippen molar-refractivity contribution >= 4 is 34.8 Å². The number of carbonyl (C=O) groups is 1. The van der Waals surface area contributed by atoms with Gasteiger partial charge in [-0.2, -0.15) is 4.98 Å². The van der Waals surface area contributed by atoms with E-state index in [1.54, 1.807) is 30.3 Å². The van der Waals surface area contributed by atoms with Crippen LogP contribution in [0.4, 0.5) is 28.8 Å². The lowest BCUT2D eigenvalue weighted by Gasteiger charge is -2.14. The molecule has 1 heterocycles. The van der Waals surface area contributed by atoms with Gasteiger partial charge in [-0.3, -0.25) is 0 Å². The number of aryl methyl sites for hydroxylation is 1. The van der Waals surface area contributed by atoms with E-state index < -0.39 is 5.97 Å². The molecule has 0 spiro atoms. The Hall–Kier alpha value is -3.61. The lowest BCUT2D eigenvalue weighted by atomic mass is 10.2. The normalized spacial score (nSPS) is 10.3. The smallest absolute Gasteiger partial charge is 0.337 e. The van der Waals surface area contributed by atoms with Gasteiger partial charge in [-0.15, -0.1) is 0 Å². The van der Waals surface area contributed by atoms with Gasteiger partial charge >= 0.3 is 5.97 Å². The van der Waals surface area contributed by atoms with Crippen molar-refractivity contribution < 1.29 is 9.90 Å². The van der Waals surface area contributed by atoms with Crippen molar-refractivity contribution in [2.24, 2.45) is 0 Å². The van der Waals surface area contributed by atoms with E-state index in [9.17, 15) is 9.90 Å². The molecule has 0 bridgehead atoms. The molecule has 2 aromatic carbocycles. The van der Waals surface area contributed by atoms with E-state index in [2.05, 4.69) is 20.6 Å². The molecule has 0 saturated carbocycles. The first-order valence-electron chi connectivity index (χ1n) is 8.42. The molecule has 0 fully saturated rings. The molecule has 0 unspecified atom stereocenters. The second-order valence-corrected chi connectivity index (χ2v) is 6.26. The number of hydrogen-bond donors (Lipinski definition) is 3. The molecule has 1 aromatic heterocycles. The van der Waals surface area contributed by atoms with Crippen LogP contribution in [0.2, 0.25) is 0 Å². The van der Waals surface area contributed by atoms with Crippen LogP contribution in [0.3, 0.4) is 0 Å². The molecule has 0 radical (unpaired) electrons. The Morgan fingerprint density at radius 3 is 2.37 bits per heavy atom. The molecular weight excluding hydrogens is 342 g/mol. The Morgan fingerprint density at radius 2 is 1.70 bits per heavy atom. The zero-order chi connectivity index (χ0) is 19.4. The zero-order valence-electron chi connectivity index (χ0n) is 15.4. The number of anilines is 5. The Kier molecular flexibility index (Phi) is 5.21. The van der Waals surface area contributed by atoms with Gasteiger partial charge in [-0.1, -0.05) is 12.1 Å². The van der Waals surface area contributed by atoms with Crippen LogP contribution in [0.15, 0.2) is 54.6 Å². The average Bonchev–Trinajstić information content (AvgIpc) is 2.62. The summed E-state index contributed by atoms with van der Waals surface area (Å²) in [6.45, 7) is 1.86. The summed E-state index contributed by atoms with van der Waals surface area (Å²) in [5.74, 6) is -0.0465. The predicted octanol–water partition coefficient (Wildman–Crippen LogP) is 4.04. The minimum atomic E-state index is -0.997. The molecule has 0 amide bonds. The van der Waals surface area contributed by atoms with Gasteiger partial charge in [0.2, 0.25) is 5.95 Å². The molecule has 0 aliphatic heterocycles. The van der Waals surface area contributed by atoms with Crippen LogP contribution in [0.5, 0.6) is 0 Å². The standard InChI is InChI=1S/C20H21N5O2/c1-13-12-18(23-17-7-5-4-6-16(17)19(26)27)24-20(21-13)22-14-8-10-15(11-9-14)25(2)3/h4-12H,1-3H3,(H,26,27)(H2,21,22,23,24). The van der Waals surface area contributed by atoms with Gasteiger partial charge in [0.15, 0.2) is 0 Å². The molecule has 0 saturated heterocycles. The van der Waals surface area contributed by atoms with Gasteiger partial charge < -0.3 is 20.6 Å². The third kappa shape index (κ3) is 4.52. The largest absolute Gasteiger partial charge is 0.478 e. The monoisotopic (exact) mass is 363 g/mol. The lowest BCUT2D eigenvalue weighted by Crippen LogP contribution is -2.08. The van der Waals surface area contributed by atoms with Gasteiger partial charge in [0.05, 0.1) is 11.3 Å². The topological polar surface area (TPSA) is 90.4 Å². The van der Waals surface area contributed by atoms with Crippen molar-refractivity contribution in [3.8, 4) is 0 Å². The van der Waals surface area contributed by atoms with Crippen LogP contribution >= 0.6 is 0 Å². The van der Waals surface area contributed by atoms with Crippen LogP contribution < -0.4 is 15.5 Å². The number of nitrogens with one attached hydrogen (secondary N) is 2. The molecule has 0 atom stereocenters. The van der Waals surface area contributed by atoms with E-state index in [-0.39, 0.29) is 5.56 Å². The van der Waals surface area contributed by atoms with E-state index in [0.717, 1.165) is 17.1 Å². The van der Waals surface area contributed by atoms with Crippen molar-refractivity contribution in [1.29, 1.82) is 0 Å². The van der Waals surface area contributed by atoms with Gasteiger partial charge in [0.1, 0.15) is 5.82 Å². The fourth-order valence-electron chi connectivity index (χ4n) is 2.58. The molecule has 27 heavy (non-hydrogen) atoms. The number of para-hydroxylation sites is 1. The molecule has 3 rings (SSSR count). The van der Waals surface area contributed by atoms with E-state index >= 15 is 0 Å². The average molecular weight is 363 g/mol. The van der Waals surface area contributed by atoms with Crippen LogP contribution in [0.1, 0.15) is 16.1 Å². The summed E-state index contributed by atoms with van der Waals surface area (Å²) in [5.41, 5.74) is 3.38. The number of aromatic carboxylic acids is 1. The summed E-state index contributed by atoms with van der Waals surface area (Å²) < 4.78 is 0. The van der Waals surface area contributed by atoms with Gasteiger partial charge in [0, 0.05) is 37.2 Å². The molecule has 3 aromatic rings. The van der Waals surface area contributed by atoms with E-state index in [4.69, 9.17) is 0 Å². The first kappa shape index (κ1) is 18.2. The molecule has 138 valence electrons. The number of carboxylic acids is 1. The molecule has 0 aliphatic carbocycles. The molecular formula is C20H21N5O2. The van der Waals surface area contributed by atoms with Crippen molar-refractivity contribution in [3.05, 3.63) is 65.9 Å².